The molecule has 0 saturated carbocycles. The molecule has 3 atom stereocenters. The van der Waals surface area contributed by atoms with Crippen LogP contribution in [0.3, 0.4) is 0 Å². The highest BCUT2D eigenvalue weighted by atomic mass is 32.1. The third-order valence-corrected chi connectivity index (χ3v) is 1.69. The number of hydrogen-bond donors (Lipinski definition) is 5. The maximum Gasteiger partial charge on any atom is 0.193 e. The lowest BCUT2D eigenvalue weighted by molar-refractivity contribution is -0.141. The molecule has 0 aromatic heterocycles. The summed E-state index contributed by atoms with van der Waals surface area (Å²) in [5.41, 5.74) is 0. The van der Waals surface area contributed by atoms with E-state index in [1.165, 1.54) is 0 Å². The Kier molecular flexibility index (Phi) is 5.43. The van der Waals surface area contributed by atoms with Crippen LogP contribution < -0.4 is 0 Å². The maximum absolute atomic E-state index is 10.9. The predicted octanol–water partition coefficient (Wildman–Crippen LogP) is -2.44. The van der Waals surface area contributed by atoms with Crippen LogP contribution in [0.25, 0.3) is 0 Å². The second-order valence-corrected chi connectivity index (χ2v) is 2.66. The molecule has 72 valence electrons. The molecule has 0 aliphatic rings. The largest absolute Gasteiger partial charge is 0.394 e. The van der Waals surface area contributed by atoms with Gasteiger partial charge < -0.3 is 20.4 Å². The maximum atomic E-state index is 10.9. The second kappa shape index (κ2) is 5.50. The summed E-state index contributed by atoms with van der Waals surface area (Å²) in [6, 6.07) is 0. The molecule has 6 heteroatoms. The highest BCUT2D eigenvalue weighted by Crippen LogP contribution is 2.00. The van der Waals surface area contributed by atoms with Gasteiger partial charge in [-0.25, -0.2) is 0 Å². The average Bonchev–Trinajstić information content (AvgIpc) is 2.12. The number of carbonyl (C=O) groups excluding carboxylic acids is 1. The van der Waals surface area contributed by atoms with Crippen molar-refractivity contribution in [1.82, 2.24) is 0 Å². The van der Waals surface area contributed by atoms with Gasteiger partial charge >= 0.3 is 0 Å². The van der Waals surface area contributed by atoms with E-state index in [0.717, 1.165) is 0 Å². The molecule has 4 N–H and O–H groups in total. The van der Waals surface area contributed by atoms with E-state index in [4.69, 9.17) is 20.4 Å². The molecule has 0 saturated heterocycles. The lowest BCUT2D eigenvalue weighted by atomic mass is 10.1. The minimum atomic E-state index is -1.75. The minimum absolute atomic E-state index is 0.131. The van der Waals surface area contributed by atoms with E-state index >= 15 is 0 Å². The van der Waals surface area contributed by atoms with E-state index in [1.54, 1.807) is 0 Å². The van der Waals surface area contributed by atoms with Crippen molar-refractivity contribution in [2.45, 2.75) is 18.3 Å². The fourth-order valence-electron chi connectivity index (χ4n) is 0.577. The summed E-state index contributed by atoms with van der Waals surface area (Å²) >= 11 is 3.62. The normalized spacial score (nSPS) is 18.4. The van der Waals surface area contributed by atoms with Crippen molar-refractivity contribution in [2.75, 3.05) is 12.4 Å². The summed E-state index contributed by atoms with van der Waals surface area (Å²) in [4.78, 5) is 10.9. The number of ketones is 1. The fraction of sp³-hybridized carbons (Fsp3) is 0.833. The van der Waals surface area contributed by atoms with Crippen LogP contribution in [0.1, 0.15) is 0 Å². The fourth-order valence-corrected chi connectivity index (χ4v) is 0.756. The van der Waals surface area contributed by atoms with Gasteiger partial charge in [0, 0.05) is 5.75 Å². The number of rotatable bonds is 5. The predicted molar refractivity (Wildman–Crippen MR) is 44.0 cm³/mol. The molecule has 0 heterocycles. The van der Waals surface area contributed by atoms with E-state index in [1.807, 2.05) is 0 Å². The van der Waals surface area contributed by atoms with Crippen molar-refractivity contribution in [2.24, 2.45) is 0 Å². The lowest BCUT2D eigenvalue weighted by Gasteiger charge is -2.16. The quantitative estimate of drug-likeness (QED) is 0.315. The Bertz CT molecular complexity index is 151. The number of Topliss-reactive ketones (excluding diaryl/α,β-unsaturated/α-hetero) is 1. The molecule has 0 bridgehead atoms. The first kappa shape index (κ1) is 11.9. The van der Waals surface area contributed by atoms with Crippen molar-refractivity contribution in [3.8, 4) is 0 Å². The zero-order valence-electron chi connectivity index (χ0n) is 6.29. The standard InChI is InChI=1S/C6H12O5S/c7-1-3(8)5(10)6(11)4(9)2-12/h3-5,7-10,12H,1-2H2. The summed E-state index contributed by atoms with van der Waals surface area (Å²) in [7, 11) is 0. The Hall–Kier alpha value is -0.140. The molecule has 0 spiro atoms. The van der Waals surface area contributed by atoms with E-state index in [-0.39, 0.29) is 5.75 Å². The first-order chi connectivity index (χ1) is 5.54. The summed E-state index contributed by atoms with van der Waals surface area (Å²) < 4.78 is 0. The SMILES string of the molecule is O=C(C(O)CS)C(O)C(O)CO. The second-order valence-electron chi connectivity index (χ2n) is 2.30. The van der Waals surface area contributed by atoms with Gasteiger partial charge in [0.15, 0.2) is 5.78 Å². The first-order valence-electron chi connectivity index (χ1n) is 3.34. The molecule has 3 unspecified atom stereocenters. The molecular formula is C6H12O5S. The molecule has 0 rings (SSSR count). The van der Waals surface area contributed by atoms with Crippen LogP contribution in [0.5, 0.6) is 0 Å². The lowest BCUT2D eigenvalue weighted by Crippen LogP contribution is -2.42. The van der Waals surface area contributed by atoms with Crippen molar-refractivity contribution in [3.05, 3.63) is 0 Å². The van der Waals surface area contributed by atoms with Crippen LogP contribution in [0.15, 0.2) is 0 Å². The highest BCUT2D eigenvalue weighted by Gasteiger charge is 2.28. The Balaban J connectivity index is 4.09. The molecule has 0 aliphatic heterocycles. The first-order valence-corrected chi connectivity index (χ1v) is 3.97. The molecular weight excluding hydrogens is 184 g/mol. The Labute approximate surface area is 75.1 Å². The summed E-state index contributed by atoms with van der Waals surface area (Å²) in [6.45, 7) is -0.730. The van der Waals surface area contributed by atoms with Gasteiger partial charge in [0.2, 0.25) is 0 Å². The topological polar surface area (TPSA) is 98.0 Å². The minimum Gasteiger partial charge on any atom is -0.394 e. The molecule has 0 aliphatic carbocycles. The van der Waals surface area contributed by atoms with Crippen LogP contribution in [0, 0.1) is 0 Å². The smallest absolute Gasteiger partial charge is 0.193 e. The third kappa shape index (κ3) is 3.08. The van der Waals surface area contributed by atoms with Crippen LogP contribution >= 0.6 is 12.6 Å². The Morgan fingerprint density at radius 3 is 2.17 bits per heavy atom. The van der Waals surface area contributed by atoms with E-state index in [0.29, 0.717) is 0 Å². The average molecular weight is 196 g/mol. The van der Waals surface area contributed by atoms with Crippen molar-refractivity contribution in [1.29, 1.82) is 0 Å². The van der Waals surface area contributed by atoms with Crippen molar-refractivity contribution in [3.63, 3.8) is 0 Å². The number of aliphatic hydroxyl groups is 4. The Morgan fingerprint density at radius 1 is 1.33 bits per heavy atom. The zero-order chi connectivity index (χ0) is 9.72. The van der Waals surface area contributed by atoms with E-state index in [2.05, 4.69) is 12.6 Å². The van der Waals surface area contributed by atoms with E-state index < -0.39 is 30.7 Å². The van der Waals surface area contributed by atoms with Crippen LogP contribution in [0.2, 0.25) is 0 Å². The zero-order valence-corrected chi connectivity index (χ0v) is 7.19. The van der Waals surface area contributed by atoms with Crippen LogP contribution in [-0.2, 0) is 4.79 Å². The summed E-state index contributed by atoms with van der Waals surface area (Å²) in [6.07, 6.45) is -4.71. The van der Waals surface area contributed by atoms with Gasteiger partial charge in [0.05, 0.1) is 6.61 Å². The third-order valence-electron chi connectivity index (χ3n) is 1.34. The van der Waals surface area contributed by atoms with Crippen LogP contribution in [-0.4, -0.2) is 56.9 Å². The van der Waals surface area contributed by atoms with Gasteiger partial charge in [-0.1, -0.05) is 0 Å². The molecule has 12 heavy (non-hydrogen) atoms. The molecule has 0 fully saturated rings. The highest BCUT2D eigenvalue weighted by molar-refractivity contribution is 7.80. The van der Waals surface area contributed by atoms with Crippen molar-refractivity contribution >= 4 is 18.4 Å². The number of hydrogen-bond acceptors (Lipinski definition) is 6. The molecule has 0 aromatic carbocycles. The summed E-state index contributed by atoms with van der Waals surface area (Å²) in [5, 5.41) is 34.9. The molecule has 5 nitrogen and oxygen atoms in total. The Morgan fingerprint density at radius 2 is 1.83 bits per heavy atom. The van der Waals surface area contributed by atoms with Crippen molar-refractivity contribution < 1.29 is 25.2 Å². The van der Waals surface area contributed by atoms with Gasteiger partial charge in [-0.05, 0) is 0 Å². The molecule has 0 aromatic rings. The van der Waals surface area contributed by atoms with E-state index in [9.17, 15) is 4.79 Å². The van der Waals surface area contributed by atoms with Gasteiger partial charge in [0.25, 0.3) is 0 Å². The summed E-state index contributed by atoms with van der Waals surface area (Å²) in [5.74, 6) is -1.07. The number of thiol groups is 1. The van der Waals surface area contributed by atoms with Gasteiger partial charge in [-0.3, -0.25) is 4.79 Å². The molecule has 0 amide bonds. The van der Waals surface area contributed by atoms with Gasteiger partial charge in [-0.15, -0.1) is 0 Å². The van der Waals surface area contributed by atoms with Crippen LogP contribution in [0.4, 0.5) is 0 Å². The van der Waals surface area contributed by atoms with Gasteiger partial charge in [0.1, 0.15) is 18.3 Å². The molecule has 0 radical (unpaired) electrons. The van der Waals surface area contributed by atoms with Gasteiger partial charge in [-0.2, -0.15) is 12.6 Å². The number of carbonyl (C=O) groups is 1. The monoisotopic (exact) mass is 196 g/mol. The number of aliphatic hydroxyl groups excluding tert-OH is 4.